The number of hydrogen-bond acceptors (Lipinski definition) is 7. The SMILES string of the molecule is CC1(C)C[C@H](n2cc(CNc3cccc4c3C(=O)N(C3CCC(=O)NC3=O)C4=O)cn2)CCN1Cl. The van der Waals surface area contributed by atoms with Crippen LogP contribution in [0.3, 0.4) is 0 Å². The molecule has 1 aromatic heterocycles. The molecule has 184 valence electrons. The first kappa shape index (κ1) is 23.5. The molecule has 2 N–H and O–H groups in total. The summed E-state index contributed by atoms with van der Waals surface area (Å²) in [6.45, 7) is 5.42. The predicted octanol–water partition coefficient (Wildman–Crippen LogP) is 2.47. The number of halogens is 1. The van der Waals surface area contributed by atoms with E-state index in [1.165, 1.54) is 0 Å². The molecule has 2 aromatic rings. The molecule has 3 aliphatic rings. The van der Waals surface area contributed by atoms with E-state index in [9.17, 15) is 19.2 Å². The third kappa shape index (κ3) is 4.21. The molecule has 35 heavy (non-hydrogen) atoms. The van der Waals surface area contributed by atoms with E-state index in [4.69, 9.17) is 11.8 Å². The number of fused-ring (bicyclic) bond motifs is 1. The monoisotopic (exact) mass is 498 g/mol. The Morgan fingerprint density at radius 2 is 1.97 bits per heavy atom. The fourth-order valence-corrected chi connectivity index (χ4v) is 5.26. The van der Waals surface area contributed by atoms with Crippen LogP contribution in [0.4, 0.5) is 5.69 Å². The van der Waals surface area contributed by atoms with Gasteiger partial charge in [0.05, 0.1) is 23.4 Å². The van der Waals surface area contributed by atoms with Gasteiger partial charge in [-0.2, -0.15) is 5.10 Å². The molecule has 0 bridgehead atoms. The van der Waals surface area contributed by atoms with Crippen LogP contribution < -0.4 is 10.6 Å². The minimum atomic E-state index is -0.991. The average Bonchev–Trinajstić information content (AvgIpc) is 3.38. The molecule has 4 amide bonds. The van der Waals surface area contributed by atoms with Crippen molar-refractivity contribution in [2.24, 2.45) is 0 Å². The fourth-order valence-electron chi connectivity index (χ4n) is 5.10. The summed E-state index contributed by atoms with van der Waals surface area (Å²) < 4.78 is 3.82. The maximum Gasteiger partial charge on any atom is 0.264 e. The molecule has 4 heterocycles. The highest BCUT2D eigenvalue weighted by Gasteiger charge is 2.45. The maximum absolute atomic E-state index is 13.2. The Morgan fingerprint density at radius 1 is 1.17 bits per heavy atom. The fraction of sp³-hybridized carbons (Fsp3) is 0.458. The molecule has 2 saturated heterocycles. The lowest BCUT2D eigenvalue weighted by atomic mass is 9.89. The summed E-state index contributed by atoms with van der Waals surface area (Å²) in [6.07, 6.45) is 5.77. The summed E-state index contributed by atoms with van der Waals surface area (Å²) in [7, 11) is 0. The normalized spacial score (nSPS) is 24.5. The molecule has 1 unspecified atom stereocenters. The van der Waals surface area contributed by atoms with Gasteiger partial charge in [0, 0.05) is 42.5 Å². The minimum Gasteiger partial charge on any atom is -0.380 e. The van der Waals surface area contributed by atoms with Gasteiger partial charge in [0.15, 0.2) is 0 Å². The van der Waals surface area contributed by atoms with Gasteiger partial charge >= 0.3 is 0 Å². The van der Waals surface area contributed by atoms with Crippen molar-refractivity contribution >= 4 is 41.1 Å². The van der Waals surface area contributed by atoms with Gasteiger partial charge in [-0.3, -0.25) is 34.1 Å². The van der Waals surface area contributed by atoms with Gasteiger partial charge in [0.25, 0.3) is 11.8 Å². The van der Waals surface area contributed by atoms with Crippen molar-refractivity contribution in [1.29, 1.82) is 0 Å². The number of aromatic nitrogens is 2. The zero-order valence-corrected chi connectivity index (χ0v) is 20.3. The minimum absolute atomic E-state index is 0.0833. The molecule has 5 rings (SSSR count). The number of amides is 4. The first-order valence-corrected chi connectivity index (χ1v) is 12.0. The molecule has 10 nitrogen and oxygen atoms in total. The first-order valence-electron chi connectivity index (χ1n) is 11.7. The molecule has 2 atom stereocenters. The van der Waals surface area contributed by atoms with E-state index < -0.39 is 29.7 Å². The van der Waals surface area contributed by atoms with E-state index in [-0.39, 0.29) is 35.5 Å². The van der Waals surface area contributed by atoms with Crippen molar-refractivity contribution < 1.29 is 19.2 Å². The van der Waals surface area contributed by atoms with Gasteiger partial charge in [-0.05, 0) is 57.0 Å². The summed E-state index contributed by atoms with van der Waals surface area (Å²) in [4.78, 5) is 51.0. The van der Waals surface area contributed by atoms with E-state index in [0.29, 0.717) is 12.2 Å². The zero-order valence-electron chi connectivity index (χ0n) is 19.6. The van der Waals surface area contributed by atoms with Gasteiger partial charge in [0.1, 0.15) is 6.04 Å². The van der Waals surface area contributed by atoms with Crippen LogP contribution in [0.2, 0.25) is 0 Å². The molecule has 0 spiro atoms. The van der Waals surface area contributed by atoms with E-state index in [1.54, 1.807) is 24.4 Å². The van der Waals surface area contributed by atoms with E-state index >= 15 is 0 Å². The van der Waals surface area contributed by atoms with Crippen molar-refractivity contribution in [3.05, 3.63) is 47.3 Å². The van der Waals surface area contributed by atoms with Gasteiger partial charge in [-0.15, -0.1) is 0 Å². The molecule has 3 aliphatic heterocycles. The zero-order chi connectivity index (χ0) is 24.9. The summed E-state index contributed by atoms with van der Waals surface area (Å²) >= 11 is 6.33. The quantitative estimate of drug-likeness (QED) is 0.480. The summed E-state index contributed by atoms with van der Waals surface area (Å²) in [6, 6.07) is 4.27. The Labute approximate surface area is 207 Å². The molecular weight excluding hydrogens is 472 g/mol. The van der Waals surface area contributed by atoms with Gasteiger partial charge in [-0.1, -0.05) is 6.07 Å². The van der Waals surface area contributed by atoms with Crippen molar-refractivity contribution in [1.82, 2.24) is 24.4 Å². The average molecular weight is 499 g/mol. The third-order valence-corrected chi connectivity index (χ3v) is 7.66. The van der Waals surface area contributed by atoms with Crippen LogP contribution in [-0.2, 0) is 16.1 Å². The Hall–Kier alpha value is -3.24. The standard InChI is InChI=1S/C24H27ClN6O4/c1-24(2)10-15(8-9-30(24)25)29-13-14(12-27-29)11-26-17-5-3-4-16-20(17)23(35)31(22(16)34)18-6-7-19(32)28-21(18)33/h3-5,12-13,15,18,26H,6-11H2,1-2H3,(H,28,32,33)/t15-,18?/m1/s1. The number of benzene rings is 1. The van der Waals surface area contributed by atoms with Crippen LogP contribution in [0.1, 0.15) is 71.9 Å². The largest absolute Gasteiger partial charge is 0.380 e. The Balaban J connectivity index is 1.30. The number of hydrogen-bond donors (Lipinski definition) is 2. The van der Waals surface area contributed by atoms with Crippen molar-refractivity contribution in [3.63, 3.8) is 0 Å². The lowest BCUT2D eigenvalue weighted by molar-refractivity contribution is -0.136. The first-order chi connectivity index (χ1) is 16.7. The van der Waals surface area contributed by atoms with Gasteiger partial charge in [0.2, 0.25) is 11.8 Å². The second kappa shape index (κ2) is 8.76. The lowest BCUT2D eigenvalue weighted by Gasteiger charge is -2.41. The lowest BCUT2D eigenvalue weighted by Crippen LogP contribution is -2.54. The summed E-state index contributed by atoms with van der Waals surface area (Å²) in [5.41, 5.74) is 1.81. The Morgan fingerprint density at radius 3 is 2.71 bits per heavy atom. The number of nitrogens with zero attached hydrogens (tertiary/aromatic N) is 4. The topological polar surface area (TPSA) is 117 Å². The maximum atomic E-state index is 13.2. The van der Waals surface area contributed by atoms with Crippen LogP contribution in [0.5, 0.6) is 0 Å². The van der Waals surface area contributed by atoms with Crippen molar-refractivity contribution in [2.75, 3.05) is 11.9 Å². The molecule has 1 aromatic carbocycles. The summed E-state index contributed by atoms with van der Waals surface area (Å²) in [5, 5.41) is 10.0. The molecule has 0 saturated carbocycles. The third-order valence-electron chi connectivity index (χ3n) is 7.03. The van der Waals surface area contributed by atoms with Crippen molar-refractivity contribution in [2.45, 2.75) is 63.7 Å². The second-order valence-corrected chi connectivity index (χ2v) is 10.3. The molecule has 0 radical (unpaired) electrons. The molecule has 2 fully saturated rings. The van der Waals surface area contributed by atoms with Gasteiger partial charge in [-0.25, -0.2) is 4.42 Å². The number of carbonyl (C=O) groups excluding carboxylic acids is 4. The number of rotatable bonds is 5. The highest BCUT2D eigenvalue weighted by Crippen LogP contribution is 2.36. The van der Waals surface area contributed by atoms with Crippen LogP contribution in [0, 0.1) is 0 Å². The van der Waals surface area contributed by atoms with E-state index in [2.05, 4.69) is 29.6 Å². The smallest absolute Gasteiger partial charge is 0.264 e. The molecular formula is C24H27ClN6O4. The van der Waals surface area contributed by atoms with Crippen LogP contribution >= 0.6 is 11.8 Å². The predicted molar refractivity (Wildman–Crippen MR) is 128 cm³/mol. The van der Waals surface area contributed by atoms with E-state index in [0.717, 1.165) is 29.8 Å². The highest BCUT2D eigenvalue weighted by atomic mass is 35.5. The summed E-state index contributed by atoms with van der Waals surface area (Å²) in [5.74, 6) is -2.08. The number of piperidine rings is 2. The van der Waals surface area contributed by atoms with Crippen molar-refractivity contribution in [3.8, 4) is 0 Å². The van der Waals surface area contributed by atoms with Gasteiger partial charge < -0.3 is 5.32 Å². The number of nitrogens with one attached hydrogen (secondary N) is 2. The number of imide groups is 2. The molecule has 0 aliphatic carbocycles. The Kier molecular flexibility index (Phi) is 5.88. The highest BCUT2D eigenvalue weighted by molar-refractivity contribution is 6.25. The van der Waals surface area contributed by atoms with E-state index in [1.807, 2.05) is 15.3 Å². The van der Waals surface area contributed by atoms with Crippen LogP contribution in [-0.4, -0.2) is 60.9 Å². The number of carbonyl (C=O) groups is 4. The number of anilines is 1. The Bertz CT molecular complexity index is 1220. The second-order valence-electron chi connectivity index (χ2n) is 9.90. The van der Waals surface area contributed by atoms with Crippen LogP contribution in [0.15, 0.2) is 30.6 Å². The molecule has 11 heteroatoms. The van der Waals surface area contributed by atoms with Crippen LogP contribution in [0.25, 0.3) is 0 Å².